The standard InChI is InChI=1S/C14H15FN4O3/c1-8-12(9(2)22-18-8)13(20)19-4-3-11(7-19)21-14-16-5-10(15)6-17-14/h5-6,11H,3-4,7H2,1-2H3. The van der Waals surface area contributed by atoms with Crippen LogP contribution in [0.25, 0.3) is 0 Å². The summed E-state index contributed by atoms with van der Waals surface area (Å²) in [5.41, 5.74) is 1.08. The Morgan fingerprint density at radius 1 is 1.41 bits per heavy atom. The van der Waals surface area contributed by atoms with Crippen molar-refractivity contribution in [3.63, 3.8) is 0 Å². The highest BCUT2D eigenvalue weighted by molar-refractivity contribution is 5.96. The average molecular weight is 306 g/mol. The third-order valence-electron chi connectivity index (χ3n) is 3.55. The van der Waals surface area contributed by atoms with Gasteiger partial charge in [0.2, 0.25) is 0 Å². The van der Waals surface area contributed by atoms with Gasteiger partial charge in [0.25, 0.3) is 5.91 Å². The molecule has 1 saturated heterocycles. The van der Waals surface area contributed by atoms with Gasteiger partial charge >= 0.3 is 6.01 Å². The molecule has 1 fully saturated rings. The van der Waals surface area contributed by atoms with Crippen LogP contribution in [0.15, 0.2) is 16.9 Å². The first-order valence-corrected chi connectivity index (χ1v) is 6.91. The Hall–Kier alpha value is -2.51. The third kappa shape index (κ3) is 2.76. The molecule has 0 radical (unpaired) electrons. The zero-order valence-corrected chi connectivity index (χ0v) is 12.2. The number of hydrogen-bond acceptors (Lipinski definition) is 6. The molecule has 0 saturated carbocycles. The molecule has 116 valence electrons. The maximum absolute atomic E-state index is 12.8. The summed E-state index contributed by atoms with van der Waals surface area (Å²) in [7, 11) is 0. The van der Waals surface area contributed by atoms with Crippen molar-refractivity contribution in [1.82, 2.24) is 20.0 Å². The van der Waals surface area contributed by atoms with Gasteiger partial charge in [-0.15, -0.1) is 0 Å². The predicted molar refractivity (Wildman–Crippen MR) is 72.9 cm³/mol. The second-order valence-electron chi connectivity index (χ2n) is 5.16. The first-order chi connectivity index (χ1) is 10.5. The van der Waals surface area contributed by atoms with Crippen molar-refractivity contribution in [1.29, 1.82) is 0 Å². The van der Waals surface area contributed by atoms with Crippen LogP contribution >= 0.6 is 0 Å². The number of hydrogen-bond donors (Lipinski definition) is 0. The van der Waals surface area contributed by atoms with Crippen LogP contribution < -0.4 is 4.74 Å². The van der Waals surface area contributed by atoms with Crippen LogP contribution in [-0.2, 0) is 0 Å². The molecule has 0 spiro atoms. The van der Waals surface area contributed by atoms with Crippen LogP contribution in [0.5, 0.6) is 6.01 Å². The van der Waals surface area contributed by atoms with Gasteiger partial charge < -0.3 is 14.2 Å². The van der Waals surface area contributed by atoms with Gasteiger partial charge in [-0.2, -0.15) is 0 Å². The van der Waals surface area contributed by atoms with Crippen LogP contribution in [0.1, 0.15) is 28.2 Å². The van der Waals surface area contributed by atoms with Gasteiger partial charge in [0, 0.05) is 13.0 Å². The van der Waals surface area contributed by atoms with Crippen molar-refractivity contribution >= 4 is 5.91 Å². The van der Waals surface area contributed by atoms with Crippen LogP contribution in [0.3, 0.4) is 0 Å². The number of carbonyl (C=O) groups excluding carboxylic acids is 1. The molecule has 0 aliphatic carbocycles. The largest absolute Gasteiger partial charge is 0.458 e. The van der Waals surface area contributed by atoms with Crippen molar-refractivity contribution in [2.24, 2.45) is 0 Å². The Morgan fingerprint density at radius 3 is 2.77 bits per heavy atom. The van der Waals surface area contributed by atoms with Crippen LogP contribution in [-0.4, -0.2) is 45.1 Å². The lowest BCUT2D eigenvalue weighted by atomic mass is 10.2. The quantitative estimate of drug-likeness (QED) is 0.855. The Labute approximate surface area is 126 Å². The molecule has 2 aromatic rings. The molecule has 7 nitrogen and oxygen atoms in total. The van der Waals surface area contributed by atoms with Gasteiger partial charge in [-0.1, -0.05) is 5.16 Å². The van der Waals surface area contributed by atoms with Crippen molar-refractivity contribution < 1.29 is 18.4 Å². The topological polar surface area (TPSA) is 81.4 Å². The lowest BCUT2D eigenvalue weighted by Gasteiger charge is -2.16. The fourth-order valence-corrected chi connectivity index (χ4v) is 2.47. The zero-order valence-electron chi connectivity index (χ0n) is 12.2. The van der Waals surface area contributed by atoms with Crippen LogP contribution in [0.4, 0.5) is 4.39 Å². The monoisotopic (exact) mass is 306 g/mol. The number of halogens is 1. The van der Waals surface area contributed by atoms with Gasteiger partial charge in [0.1, 0.15) is 17.4 Å². The third-order valence-corrected chi connectivity index (χ3v) is 3.55. The molecule has 2 aromatic heterocycles. The lowest BCUT2D eigenvalue weighted by Crippen LogP contribution is -2.31. The molecule has 1 unspecified atom stereocenters. The summed E-state index contributed by atoms with van der Waals surface area (Å²) in [5, 5.41) is 3.79. The minimum atomic E-state index is -0.519. The second kappa shape index (κ2) is 5.70. The molecule has 1 amide bonds. The number of aryl methyl sites for hydroxylation is 2. The number of rotatable bonds is 3. The van der Waals surface area contributed by atoms with E-state index in [0.29, 0.717) is 36.5 Å². The summed E-state index contributed by atoms with van der Waals surface area (Å²) in [6.45, 7) is 4.43. The minimum absolute atomic E-state index is 0.109. The van der Waals surface area contributed by atoms with Crippen molar-refractivity contribution in [2.45, 2.75) is 26.4 Å². The molecule has 3 heterocycles. The average Bonchev–Trinajstić information content (AvgIpc) is 3.08. The highest BCUT2D eigenvalue weighted by Crippen LogP contribution is 2.20. The number of ether oxygens (including phenoxy) is 1. The summed E-state index contributed by atoms with van der Waals surface area (Å²) in [6.07, 6.45) is 2.54. The molecule has 8 heteroatoms. The van der Waals surface area contributed by atoms with E-state index >= 15 is 0 Å². The second-order valence-corrected chi connectivity index (χ2v) is 5.16. The van der Waals surface area contributed by atoms with E-state index in [2.05, 4.69) is 15.1 Å². The van der Waals surface area contributed by atoms with E-state index in [4.69, 9.17) is 9.26 Å². The number of amides is 1. The predicted octanol–water partition coefficient (Wildman–Crippen LogP) is 1.51. The summed E-state index contributed by atoms with van der Waals surface area (Å²) in [6, 6.07) is 0.109. The number of nitrogens with zero attached hydrogens (tertiary/aromatic N) is 4. The van der Waals surface area contributed by atoms with Crippen molar-refractivity contribution in [2.75, 3.05) is 13.1 Å². The molecule has 22 heavy (non-hydrogen) atoms. The van der Waals surface area contributed by atoms with Crippen molar-refractivity contribution in [3.8, 4) is 6.01 Å². The Morgan fingerprint density at radius 2 is 2.14 bits per heavy atom. The Kier molecular flexibility index (Phi) is 3.74. The summed E-state index contributed by atoms with van der Waals surface area (Å²) in [4.78, 5) is 21.7. The smallest absolute Gasteiger partial charge is 0.316 e. The molecule has 3 rings (SSSR count). The normalized spacial score (nSPS) is 17.8. The fraction of sp³-hybridized carbons (Fsp3) is 0.429. The molecule has 1 aliphatic heterocycles. The first-order valence-electron chi connectivity index (χ1n) is 6.91. The van der Waals surface area contributed by atoms with Crippen molar-refractivity contribution in [3.05, 3.63) is 35.2 Å². The van der Waals surface area contributed by atoms with E-state index < -0.39 is 5.82 Å². The Balaban J connectivity index is 1.65. The van der Waals surface area contributed by atoms with Gasteiger partial charge in [-0.25, -0.2) is 14.4 Å². The van der Waals surface area contributed by atoms with E-state index in [0.717, 1.165) is 12.4 Å². The van der Waals surface area contributed by atoms with E-state index in [9.17, 15) is 9.18 Å². The van der Waals surface area contributed by atoms with E-state index in [-0.39, 0.29) is 18.0 Å². The Bertz CT molecular complexity index is 666. The highest BCUT2D eigenvalue weighted by atomic mass is 19.1. The van der Waals surface area contributed by atoms with E-state index in [1.165, 1.54) is 0 Å². The summed E-state index contributed by atoms with van der Waals surface area (Å²) >= 11 is 0. The molecular weight excluding hydrogens is 291 g/mol. The lowest BCUT2D eigenvalue weighted by molar-refractivity contribution is 0.0767. The van der Waals surface area contributed by atoms with Gasteiger partial charge in [0.15, 0.2) is 5.82 Å². The van der Waals surface area contributed by atoms with Gasteiger partial charge in [-0.05, 0) is 13.8 Å². The molecule has 0 N–H and O–H groups in total. The van der Waals surface area contributed by atoms with Gasteiger partial charge in [-0.3, -0.25) is 4.79 Å². The maximum Gasteiger partial charge on any atom is 0.316 e. The number of aromatic nitrogens is 3. The van der Waals surface area contributed by atoms with E-state index in [1.54, 1.807) is 18.7 Å². The highest BCUT2D eigenvalue weighted by Gasteiger charge is 2.31. The van der Waals surface area contributed by atoms with Crippen LogP contribution in [0, 0.1) is 19.7 Å². The molecule has 0 bridgehead atoms. The molecule has 1 aliphatic rings. The molecule has 1 atom stereocenters. The zero-order chi connectivity index (χ0) is 15.7. The number of likely N-dealkylation sites (tertiary alicyclic amines) is 1. The van der Waals surface area contributed by atoms with E-state index in [1.807, 2.05) is 0 Å². The molecular formula is C14H15FN4O3. The molecule has 0 aromatic carbocycles. The summed E-state index contributed by atoms with van der Waals surface area (Å²) < 4.78 is 23.3. The van der Waals surface area contributed by atoms with Gasteiger partial charge in [0.05, 0.1) is 24.6 Å². The SMILES string of the molecule is Cc1noc(C)c1C(=O)N1CCC(Oc2ncc(F)cn2)C1. The maximum atomic E-state index is 12.8. The minimum Gasteiger partial charge on any atom is -0.458 e. The number of carbonyl (C=O) groups is 1. The fourth-order valence-electron chi connectivity index (χ4n) is 2.47. The summed E-state index contributed by atoms with van der Waals surface area (Å²) in [5.74, 6) is -0.134. The first kappa shape index (κ1) is 14.4. The van der Waals surface area contributed by atoms with Crippen LogP contribution in [0.2, 0.25) is 0 Å².